The van der Waals surface area contributed by atoms with Crippen molar-refractivity contribution in [2.24, 2.45) is 10.2 Å². The van der Waals surface area contributed by atoms with Crippen LogP contribution >= 0.6 is 0 Å². The van der Waals surface area contributed by atoms with Crippen LogP contribution in [0.3, 0.4) is 0 Å². The van der Waals surface area contributed by atoms with Gasteiger partial charge < -0.3 is 10.6 Å². The molecule has 0 saturated carbocycles. The Labute approximate surface area is 145 Å². The molecule has 0 spiro atoms. The SMILES string of the molecule is CCC(C)(N=NC(C)(CC)Nc1ccccc1)Nc1ccccc1. The number of hydrogen-bond donors (Lipinski definition) is 2. The van der Waals surface area contributed by atoms with Crippen molar-refractivity contribution in [3.05, 3.63) is 60.7 Å². The molecule has 0 bridgehead atoms. The highest BCUT2D eigenvalue weighted by molar-refractivity contribution is 5.45. The van der Waals surface area contributed by atoms with Crippen LogP contribution in [-0.2, 0) is 0 Å². The van der Waals surface area contributed by atoms with Crippen molar-refractivity contribution in [1.29, 1.82) is 0 Å². The molecular weight excluding hydrogens is 296 g/mol. The van der Waals surface area contributed by atoms with Crippen LogP contribution in [0.15, 0.2) is 70.9 Å². The van der Waals surface area contributed by atoms with E-state index in [1.54, 1.807) is 0 Å². The number of azo groups is 1. The van der Waals surface area contributed by atoms with Crippen molar-refractivity contribution >= 4 is 11.4 Å². The molecule has 2 aromatic rings. The number of nitrogens with one attached hydrogen (secondary N) is 2. The van der Waals surface area contributed by atoms with Crippen LogP contribution in [0.25, 0.3) is 0 Å². The van der Waals surface area contributed by atoms with Crippen LogP contribution in [0, 0.1) is 0 Å². The monoisotopic (exact) mass is 324 g/mol. The van der Waals surface area contributed by atoms with Crippen molar-refractivity contribution < 1.29 is 0 Å². The Bertz CT molecular complexity index is 584. The maximum absolute atomic E-state index is 4.66. The van der Waals surface area contributed by atoms with E-state index >= 15 is 0 Å². The number of hydrogen-bond acceptors (Lipinski definition) is 4. The van der Waals surface area contributed by atoms with Gasteiger partial charge in [0.05, 0.1) is 0 Å². The van der Waals surface area contributed by atoms with Crippen LogP contribution in [0.5, 0.6) is 0 Å². The van der Waals surface area contributed by atoms with Gasteiger partial charge in [-0.2, -0.15) is 10.2 Å². The summed E-state index contributed by atoms with van der Waals surface area (Å²) in [5.74, 6) is 0. The summed E-state index contributed by atoms with van der Waals surface area (Å²) in [6.07, 6.45) is 1.69. The van der Waals surface area contributed by atoms with Gasteiger partial charge in [-0.3, -0.25) is 0 Å². The summed E-state index contributed by atoms with van der Waals surface area (Å²) in [6.45, 7) is 8.37. The fraction of sp³-hybridized carbons (Fsp3) is 0.400. The standard InChI is InChI=1S/C20H28N4/c1-5-19(3,21-17-13-9-7-10-14-17)23-24-20(4,6-2)22-18-15-11-8-12-16-18/h7-16,21-22H,5-6H2,1-4H3. The normalized spacial score (nSPS) is 16.3. The van der Waals surface area contributed by atoms with E-state index in [2.05, 4.69) is 48.6 Å². The van der Waals surface area contributed by atoms with Crippen LogP contribution < -0.4 is 10.6 Å². The maximum atomic E-state index is 4.66. The highest BCUT2D eigenvalue weighted by atomic mass is 15.3. The van der Waals surface area contributed by atoms with E-state index < -0.39 is 11.3 Å². The van der Waals surface area contributed by atoms with E-state index in [9.17, 15) is 0 Å². The zero-order chi connectivity index (χ0) is 17.5. The largest absolute Gasteiger partial charge is 0.360 e. The summed E-state index contributed by atoms with van der Waals surface area (Å²) in [4.78, 5) is 0. The lowest BCUT2D eigenvalue weighted by atomic mass is 10.1. The topological polar surface area (TPSA) is 48.8 Å². The predicted molar refractivity (Wildman–Crippen MR) is 102 cm³/mol. The number of benzene rings is 2. The minimum absolute atomic E-state index is 0.434. The molecule has 0 aliphatic heterocycles. The smallest absolute Gasteiger partial charge is 0.147 e. The number of anilines is 2. The van der Waals surface area contributed by atoms with E-state index in [0.29, 0.717) is 0 Å². The summed E-state index contributed by atoms with van der Waals surface area (Å²) >= 11 is 0. The van der Waals surface area contributed by atoms with Crippen molar-refractivity contribution in [1.82, 2.24) is 0 Å². The third-order valence-corrected chi connectivity index (χ3v) is 4.24. The highest BCUT2D eigenvalue weighted by Crippen LogP contribution is 2.25. The fourth-order valence-corrected chi connectivity index (χ4v) is 2.25. The molecule has 4 heteroatoms. The molecule has 24 heavy (non-hydrogen) atoms. The predicted octanol–water partition coefficient (Wildman–Crippen LogP) is 5.92. The van der Waals surface area contributed by atoms with Crippen LogP contribution in [0.1, 0.15) is 40.5 Å². The first-order valence-electron chi connectivity index (χ1n) is 8.59. The van der Waals surface area contributed by atoms with E-state index in [1.807, 2.05) is 60.7 Å². The molecule has 0 aromatic heterocycles. The van der Waals surface area contributed by atoms with E-state index in [0.717, 1.165) is 24.2 Å². The molecule has 2 atom stereocenters. The fourth-order valence-electron chi connectivity index (χ4n) is 2.25. The molecule has 2 N–H and O–H groups in total. The molecule has 4 nitrogen and oxygen atoms in total. The number of para-hydroxylation sites is 2. The molecule has 0 aliphatic carbocycles. The Morgan fingerprint density at radius 3 is 1.29 bits per heavy atom. The molecule has 2 unspecified atom stereocenters. The first kappa shape index (κ1) is 18.0. The molecule has 2 aromatic carbocycles. The molecular formula is C20H28N4. The van der Waals surface area contributed by atoms with Gasteiger partial charge in [-0.25, -0.2) is 0 Å². The second-order valence-corrected chi connectivity index (χ2v) is 6.44. The molecule has 128 valence electrons. The maximum Gasteiger partial charge on any atom is 0.147 e. The van der Waals surface area contributed by atoms with Crippen molar-refractivity contribution in [2.45, 2.75) is 51.9 Å². The van der Waals surface area contributed by atoms with E-state index in [4.69, 9.17) is 0 Å². The lowest BCUT2D eigenvalue weighted by molar-refractivity contribution is 0.420. The molecule has 0 amide bonds. The van der Waals surface area contributed by atoms with Gasteiger partial charge in [-0.15, -0.1) is 0 Å². The molecule has 0 fully saturated rings. The first-order chi connectivity index (χ1) is 11.5. The van der Waals surface area contributed by atoms with Crippen molar-refractivity contribution in [3.63, 3.8) is 0 Å². The van der Waals surface area contributed by atoms with Gasteiger partial charge in [0.25, 0.3) is 0 Å². The second-order valence-electron chi connectivity index (χ2n) is 6.44. The first-order valence-corrected chi connectivity index (χ1v) is 8.59. The summed E-state index contributed by atoms with van der Waals surface area (Å²) in [7, 11) is 0. The van der Waals surface area contributed by atoms with Gasteiger partial charge in [0, 0.05) is 11.4 Å². The Balaban J connectivity index is 2.14. The average molecular weight is 324 g/mol. The lowest BCUT2D eigenvalue weighted by Crippen LogP contribution is -2.35. The van der Waals surface area contributed by atoms with Gasteiger partial charge in [0.2, 0.25) is 0 Å². The molecule has 0 heterocycles. The summed E-state index contributed by atoms with van der Waals surface area (Å²) in [5.41, 5.74) is 1.23. The third kappa shape index (κ3) is 5.08. The number of nitrogens with zero attached hydrogens (tertiary/aromatic N) is 2. The van der Waals surface area contributed by atoms with Crippen LogP contribution in [0.2, 0.25) is 0 Å². The Kier molecular flexibility index (Phi) is 5.96. The summed E-state index contributed by atoms with van der Waals surface area (Å²) in [6, 6.07) is 20.3. The zero-order valence-electron chi connectivity index (χ0n) is 15.1. The highest BCUT2D eigenvalue weighted by Gasteiger charge is 2.25. The lowest BCUT2D eigenvalue weighted by Gasteiger charge is -2.30. The van der Waals surface area contributed by atoms with Crippen molar-refractivity contribution in [2.75, 3.05) is 10.6 Å². The van der Waals surface area contributed by atoms with Gasteiger partial charge >= 0.3 is 0 Å². The quantitative estimate of drug-likeness (QED) is 0.592. The van der Waals surface area contributed by atoms with Gasteiger partial charge in [-0.1, -0.05) is 50.2 Å². The number of rotatable bonds is 8. The van der Waals surface area contributed by atoms with Gasteiger partial charge in [-0.05, 0) is 51.0 Å². The molecule has 2 rings (SSSR count). The minimum Gasteiger partial charge on any atom is -0.360 e. The van der Waals surface area contributed by atoms with Crippen LogP contribution in [0.4, 0.5) is 11.4 Å². The minimum atomic E-state index is -0.434. The Hall–Kier alpha value is -2.36. The zero-order valence-corrected chi connectivity index (χ0v) is 15.1. The average Bonchev–Trinajstić information content (AvgIpc) is 2.62. The van der Waals surface area contributed by atoms with Gasteiger partial charge in [0.15, 0.2) is 0 Å². The molecule has 0 radical (unpaired) electrons. The molecule has 0 saturated heterocycles. The second kappa shape index (κ2) is 7.95. The summed E-state index contributed by atoms with van der Waals surface area (Å²) in [5, 5.41) is 16.3. The van der Waals surface area contributed by atoms with Crippen molar-refractivity contribution in [3.8, 4) is 0 Å². The summed E-state index contributed by atoms with van der Waals surface area (Å²) < 4.78 is 0. The molecule has 0 aliphatic rings. The van der Waals surface area contributed by atoms with Gasteiger partial charge in [0.1, 0.15) is 11.3 Å². The van der Waals surface area contributed by atoms with Crippen LogP contribution in [-0.4, -0.2) is 11.3 Å². The Morgan fingerprint density at radius 2 is 1.00 bits per heavy atom. The third-order valence-electron chi connectivity index (χ3n) is 4.24. The van der Waals surface area contributed by atoms with E-state index in [1.165, 1.54) is 0 Å². The van der Waals surface area contributed by atoms with E-state index in [-0.39, 0.29) is 0 Å². The Morgan fingerprint density at radius 1 is 0.667 bits per heavy atom.